The highest BCUT2D eigenvalue weighted by Crippen LogP contribution is 2.42. The molecule has 0 aromatic heterocycles. The Morgan fingerprint density at radius 1 is 1.20 bits per heavy atom. The lowest BCUT2D eigenvalue weighted by molar-refractivity contribution is 0.204. The molecule has 0 fully saturated rings. The van der Waals surface area contributed by atoms with E-state index in [0.29, 0.717) is 28.0 Å². The van der Waals surface area contributed by atoms with Gasteiger partial charge in [-0.3, -0.25) is 0 Å². The first-order chi connectivity index (χ1) is 9.56. The van der Waals surface area contributed by atoms with Crippen molar-refractivity contribution in [3.8, 4) is 5.75 Å². The molecular formula is C14H9Cl2F2NO. The van der Waals surface area contributed by atoms with Crippen LogP contribution in [0.25, 0.3) is 0 Å². The number of halogens is 4. The zero-order valence-electron chi connectivity index (χ0n) is 10.1. The first kappa shape index (κ1) is 13.5. The second kappa shape index (κ2) is 5.11. The average Bonchev–Trinajstić information content (AvgIpc) is 2.41. The van der Waals surface area contributed by atoms with Crippen LogP contribution in [0.4, 0.5) is 14.5 Å². The summed E-state index contributed by atoms with van der Waals surface area (Å²) in [5.74, 6) is -1.43. The van der Waals surface area contributed by atoms with Gasteiger partial charge in [0.15, 0.2) is 17.4 Å². The summed E-state index contributed by atoms with van der Waals surface area (Å²) in [6.07, 6.45) is -0.656. The maximum Gasteiger partial charge on any atom is 0.165 e. The summed E-state index contributed by atoms with van der Waals surface area (Å²) in [5.41, 5.74) is 0.782. The van der Waals surface area contributed by atoms with Crippen LogP contribution in [0.15, 0.2) is 30.3 Å². The molecule has 1 unspecified atom stereocenters. The first-order valence-electron chi connectivity index (χ1n) is 5.89. The van der Waals surface area contributed by atoms with Gasteiger partial charge in [0.05, 0.1) is 17.3 Å². The molecule has 2 aromatic rings. The smallest absolute Gasteiger partial charge is 0.165 e. The number of nitrogens with one attached hydrogen (secondary N) is 1. The van der Waals surface area contributed by atoms with Crippen molar-refractivity contribution in [1.82, 2.24) is 0 Å². The van der Waals surface area contributed by atoms with Gasteiger partial charge >= 0.3 is 0 Å². The third kappa shape index (κ3) is 2.30. The lowest BCUT2D eigenvalue weighted by Crippen LogP contribution is -2.25. The number of hydrogen-bond donors (Lipinski definition) is 1. The second-order valence-corrected chi connectivity index (χ2v) is 5.24. The maximum atomic E-state index is 13.8. The van der Waals surface area contributed by atoms with Crippen LogP contribution in [0, 0.1) is 11.6 Å². The lowest BCUT2D eigenvalue weighted by atomic mass is 10.1. The Kier molecular flexibility index (Phi) is 3.44. The largest absolute Gasteiger partial charge is 0.480 e. The molecule has 0 amide bonds. The SMILES string of the molecule is Fc1cccc(C2CNc3cc(Cl)cc(Cl)c3O2)c1F. The first-order valence-corrected chi connectivity index (χ1v) is 6.65. The quantitative estimate of drug-likeness (QED) is 0.814. The third-order valence-corrected chi connectivity index (χ3v) is 3.57. The van der Waals surface area contributed by atoms with E-state index in [4.69, 9.17) is 27.9 Å². The molecule has 0 saturated heterocycles. The molecule has 6 heteroatoms. The zero-order valence-corrected chi connectivity index (χ0v) is 11.6. The van der Waals surface area contributed by atoms with Crippen LogP contribution in [-0.2, 0) is 0 Å². The van der Waals surface area contributed by atoms with Crippen molar-refractivity contribution in [3.63, 3.8) is 0 Å². The molecule has 2 aromatic carbocycles. The van der Waals surface area contributed by atoms with Gasteiger partial charge in [-0.25, -0.2) is 8.78 Å². The molecule has 104 valence electrons. The minimum Gasteiger partial charge on any atom is -0.480 e. The van der Waals surface area contributed by atoms with Gasteiger partial charge in [0, 0.05) is 10.6 Å². The van der Waals surface area contributed by atoms with E-state index >= 15 is 0 Å². The third-order valence-electron chi connectivity index (χ3n) is 3.07. The van der Waals surface area contributed by atoms with Gasteiger partial charge in [-0.2, -0.15) is 0 Å². The average molecular weight is 316 g/mol. The summed E-state index contributed by atoms with van der Waals surface area (Å²) in [7, 11) is 0. The van der Waals surface area contributed by atoms with E-state index in [1.165, 1.54) is 18.2 Å². The molecule has 2 nitrogen and oxygen atoms in total. The standard InChI is InChI=1S/C14H9Cl2F2NO/c15-7-4-9(16)14-11(5-7)19-6-12(20-14)8-2-1-3-10(17)13(8)18/h1-5,12,19H,6H2. The van der Waals surface area contributed by atoms with Gasteiger partial charge in [-0.05, 0) is 18.2 Å². The van der Waals surface area contributed by atoms with Gasteiger partial charge in [-0.15, -0.1) is 0 Å². The molecule has 1 aliphatic rings. The van der Waals surface area contributed by atoms with E-state index < -0.39 is 17.7 Å². The molecule has 20 heavy (non-hydrogen) atoms. The molecular weight excluding hydrogens is 307 g/mol. The molecule has 1 N–H and O–H groups in total. The summed E-state index contributed by atoms with van der Waals surface area (Å²) in [4.78, 5) is 0. The van der Waals surface area contributed by atoms with Crippen molar-refractivity contribution >= 4 is 28.9 Å². The fraction of sp³-hybridized carbons (Fsp3) is 0.143. The van der Waals surface area contributed by atoms with Crippen LogP contribution < -0.4 is 10.1 Å². The molecule has 1 atom stereocenters. The molecule has 0 radical (unpaired) electrons. The van der Waals surface area contributed by atoms with Crippen molar-refractivity contribution in [2.24, 2.45) is 0 Å². The minimum atomic E-state index is -0.909. The summed E-state index contributed by atoms with van der Waals surface area (Å²) in [5, 5.41) is 3.85. The van der Waals surface area contributed by atoms with Crippen molar-refractivity contribution in [3.05, 3.63) is 57.6 Å². The van der Waals surface area contributed by atoms with Gasteiger partial charge in [0.2, 0.25) is 0 Å². The number of anilines is 1. The molecule has 0 spiro atoms. The van der Waals surface area contributed by atoms with Crippen molar-refractivity contribution in [2.45, 2.75) is 6.10 Å². The van der Waals surface area contributed by atoms with E-state index in [9.17, 15) is 8.78 Å². The molecule has 0 aliphatic carbocycles. The fourth-order valence-corrected chi connectivity index (χ4v) is 2.68. The summed E-state index contributed by atoms with van der Waals surface area (Å²) in [6, 6.07) is 7.19. The Morgan fingerprint density at radius 3 is 2.80 bits per heavy atom. The van der Waals surface area contributed by atoms with Gasteiger partial charge in [-0.1, -0.05) is 35.3 Å². The van der Waals surface area contributed by atoms with Crippen LogP contribution in [-0.4, -0.2) is 6.54 Å². The van der Waals surface area contributed by atoms with Crippen molar-refractivity contribution < 1.29 is 13.5 Å². The number of ether oxygens (including phenoxy) is 1. The maximum absolute atomic E-state index is 13.8. The predicted molar refractivity (Wildman–Crippen MR) is 74.7 cm³/mol. The monoisotopic (exact) mass is 315 g/mol. The van der Waals surface area contributed by atoms with E-state index in [2.05, 4.69) is 5.32 Å². The number of rotatable bonds is 1. The van der Waals surface area contributed by atoms with E-state index in [-0.39, 0.29) is 5.56 Å². The van der Waals surface area contributed by atoms with Crippen LogP contribution in [0.2, 0.25) is 10.0 Å². The van der Waals surface area contributed by atoms with Crippen LogP contribution in [0.5, 0.6) is 5.75 Å². The molecule has 3 rings (SSSR count). The highest BCUT2D eigenvalue weighted by atomic mass is 35.5. The highest BCUT2D eigenvalue weighted by Gasteiger charge is 2.26. The van der Waals surface area contributed by atoms with Crippen LogP contribution in [0.3, 0.4) is 0 Å². The Bertz CT molecular complexity index is 678. The second-order valence-electron chi connectivity index (χ2n) is 4.39. The summed E-state index contributed by atoms with van der Waals surface area (Å²) < 4.78 is 32.7. The fourth-order valence-electron chi connectivity index (χ4n) is 2.14. The Morgan fingerprint density at radius 2 is 2.00 bits per heavy atom. The number of hydrogen-bond acceptors (Lipinski definition) is 2. The molecule has 1 heterocycles. The van der Waals surface area contributed by atoms with Crippen molar-refractivity contribution in [2.75, 3.05) is 11.9 Å². The normalized spacial score (nSPS) is 17.1. The molecule has 1 aliphatic heterocycles. The van der Waals surface area contributed by atoms with Crippen molar-refractivity contribution in [1.29, 1.82) is 0 Å². The minimum absolute atomic E-state index is 0.147. The summed E-state index contributed by atoms with van der Waals surface area (Å²) >= 11 is 11.9. The van der Waals surface area contributed by atoms with E-state index in [1.807, 2.05) is 0 Å². The number of fused-ring (bicyclic) bond motifs is 1. The Balaban J connectivity index is 1.98. The Hall–Kier alpha value is -1.52. The van der Waals surface area contributed by atoms with Crippen LogP contribution in [0.1, 0.15) is 11.7 Å². The topological polar surface area (TPSA) is 21.3 Å². The zero-order chi connectivity index (χ0) is 14.3. The van der Waals surface area contributed by atoms with E-state index in [1.54, 1.807) is 6.07 Å². The Labute approximate surface area is 124 Å². The van der Waals surface area contributed by atoms with E-state index in [0.717, 1.165) is 6.07 Å². The van der Waals surface area contributed by atoms with Crippen LogP contribution >= 0.6 is 23.2 Å². The molecule has 0 saturated carbocycles. The van der Waals surface area contributed by atoms with Gasteiger partial charge in [0.25, 0.3) is 0 Å². The highest BCUT2D eigenvalue weighted by molar-refractivity contribution is 6.36. The van der Waals surface area contributed by atoms with Gasteiger partial charge < -0.3 is 10.1 Å². The lowest BCUT2D eigenvalue weighted by Gasteiger charge is -2.28. The summed E-state index contributed by atoms with van der Waals surface area (Å²) in [6.45, 7) is 0.296. The number of benzene rings is 2. The predicted octanol–water partition coefficient (Wildman–Crippen LogP) is 4.82. The van der Waals surface area contributed by atoms with Gasteiger partial charge in [0.1, 0.15) is 6.10 Å². The molecule has 0 bridgehead atoms.